The number of sulfonamides is 2. The minimum atomic E-state index is -3.78. The fourth-order valence-electron chi connectivity index (χ4n) is 1.21. The third kappa shape index (κ3) is 3.58. The first-order valence-electron chi connectivity index (χ1n) is 4.43. The van der Waals surface area contributed by atoms with Crippen LogP contribution in [0.1, 0.15) is 5.56 Å². The van der Waals surface area contributed by atoms with Gasteiger partial charge in [0.05, 0.1) is 19.1 Å². The van der Waals surface area contributed by atoms with Gasteiger partial charge >= 0.3 is 0 Å². The van der Waals surface area contributed by atoms with Crippen LogP contribution in [0.25, 0.3) is 0 Å². The highest BCUT2D eigenvalue weighted by molar-refractivity contribution is 8.03. The van der Waals surface area contributed by atoms with Crippen molar-refractivity contribution in [1.82, 2.24) is 3.71 Å². The van der Waals surface area contributed by atoms with Crippen LogP contribution in [0.2, 0.25) is 0 Å². The van der Waals surface area contributed by atoms with E-state index in [1.54, 1.807) is 30.3 Å². The Morgan fingerprint density at radius 3 is 1.75 bits per heavy atom. The van der Waals surface area contributed by atoms with Crippen LogP contribution >= 0.6 is 0 Å². The smallest absolute Gasteiger partial charge is 0.212 e. The number of hydrogen-bond donors (Lipinski definition) is 0. The van der Waals surface area contributed by atoms with Crippen molar-refractivity contribution < 1.29 is 16.8 Å². The van der Waals surface area contributed by atoms with Crippen LogP contribution in [0.4, 0.5) is 0 Å². The largest absolute Gasteiger partial charge is 0.224 e. The highest BCUT2D eigenvalue weighted by Gasteiger charge is 2.26. The third-order valence-electron chi connectivity index (χ3n) is 1.89. The summed E-state index contributed by atoms with van der Waals surface area (Å²) >= 11 is 0. The molecule has 0 saturated heterocycles. The van der Waals surface area contributed by atoms with Gasteiger partial charge in [-0.15, -0.1) is 0 Å². The van der Waals surface area contributed by atoms with Crippen molar-refractivity contribution in [2.75, 3.05) is 12.5 Å². The summed E-state index contributed by atoms with van der Waals surface area (Å²) in [6.45, 7) is -0.168. The maximum Gasteiger partial charge on any atom is 0.224 e. The zero-order chi connectivity index (χ0) is 12.4. The molecular weight excluding hydrogens is 250 g/mol. The van der Waals surface area contributed by atoms with Crippen molar-refractivity contribution in [3.8, 4) is 0 Å². The van der Waals surface area contributed by atoms with Gasteiger partial charge in [-0.1, -0.05) is 34.0 Å². The van der Waals surface area contributed by atoms with Crippen LogP contribution in [0.5, 0.6) is 0 Å². The minimum absolute atomic E-state index is 0.168. The Morgan fingerprint density at radius 2 is 1.38 bits per heavy atom. The molecule has 90 valence electrons. The fourth-order valence-corrected chi connectivity index (χ4v) is 3.95. The average molecular weight is 263 g/mol. The summed E-state index contributed by atoms with van der Waals surface area (Å²) in [6.07, 6.45) is 1.74. The quantitative estimate of drug-likeness (QED) is 0.788. The Kier molecular flexibility index (Phi) is 3.72. The van der Waals surface area contributed by atoms with Gasteiger partial charge in [0.1, 0.15) is 0 Å². The highest BCUT2D eigenvalue weighted by atomic mass is 32.3. The van der Waals surface area contributed by atoms with Gasteiger partial charge in [0.25, 0.3) is 0 Å². The molecule has 0 aliphatic heterocycles. The first-order valence-corrected chi connectivity index (χ1v) is 8.13. The monoisotopic (exact) mass is 263 g/mol. The van der Waals surface area contributed by atoms with Gasteiger partial charge in [-0.05, 0) is 5.56 Å². The summed E-state index contributed by atoms with van der Waals surface area (Å²) in [5.74, 6) is 0. The lowest BCUT2D eigenvalue weighted by Gasteiger charge is -2.17. The van der Waals surface area contributed by atoms with Crippen molar-refractivity contribution in [1.29, 1.82) is 0 Å². The SMILES string of the molecule is CS(=O)(=O)N(Cc1ccccc1)S(C)(=O)=O. The lowest BCUT2D eigenvalue weighted by atomic mass is 10.2. The van der Waals surface area contributed by atoms with Crippen LogP contribution in [0.15, 0.2) is 30.3 Å². The van der Waals surface area contributed by atoms with E-state index in [0.717, 1.165) is 12.5 Å². The molecule has 0 atom stereocenters. The Balaban J connectivity index is 3.08. The lowest BCUT2D eigenvalue weighted by molar-refractivity contribution is 0.503. The normalized spacial score (nSPS) is 12.9. The van der Waals surface area contributed by atoms with Crippen LogP contribution in [0, 0.1) is 0 Å². The van der Waals surface area contributed by atoms with Gasteiger partial charge in [-0.25, -0.2) is 16.8 Å². The Morgan fingerprint density at radius 1 is 0.938 bits per heavy atom. The molecular formula is C9H13NO4S2. The summed E-state index contributed by atoms with van der Waals surface area (Å²) in [6, 6.07) is 8.55. The predicted molar refractivity (Wildman–Crippen MR) is 61.7 cm³/mol. The van der Waals surface area contributed by atoms with Crippen molar-refractivity contribution in [3.63, 3.8) is 0 Å². The molecule has 16 heavy (non-hydrogen) atoms. The molecule has 0 aliphatic rings. The molecule has 0 aliphatic carbocycles. The number of hydrogen-bond acceptors (Lipinski definition) is 4. The molecule has 0 fully saturated rings. The Hall–Kier alpha value is -0.920. The molecule has 0 radical (unpaired) electrons. The summed E-state index contributed by atoms with van der Waals surface area (Å²) < 4.78 is 45.8. The minimum Gasteiger partial charge on any atom is -0.212 e. The van der Waals surface area contributed by atoms with Gasteiger partial charge in [0.15, 0.2) is 0 Å². The molecule has 0 bridgehead atoms. The number of rotatable bonds is 4. The standard InChI is InChI=1S/C9H13NO4S2/c1-15(11,12)10(16(2,13)14)8-9-6-4-3-5-7-9/h3-7H,8H2,1-2H3. The van der Waals surface area contributed by atoms with Crippen LogP contribution in [-0.2, 0) is 26.6 Å². The van der Waals surface area contributed by atoms with Gasteiger partial charge in [-0.3, -0.25) is 0 Å². The summed E-state index contributed by atoms with van der Waals surface area (Å²) in [5, 5.41) is 0. The maximum absolute atomic E-state index is 11.3. The van der Waals surface area contributed by atoms with Crippen molar-refractivity contribution in [2.24, 2.45) is 0 Å². The zero-order valence-corrected chi connectivity index (χ0v) is 10.6. The molecule has 0 saturated carbocycles. The van der Waals surface area contributed by atoms with Crippen molar-refractivity contribution >= 4 is 20.0 Å². The number of nitrogens with zero attached hydrogens (tertiary/aromatic N) is 1. The Bertz CT molecular complexity index is 516. The van der Waals surface area contributed by atoms with Gasteiger partial charge in [-0.2, -0.15) is 0 Å². The van der Waals surface area contributed by atoms with E-state index < -0.39 is 20.0 Å². The molecule has 0 unspecified atom stereocenters. The topological polar surface area (TPSA) is 71.5 Å². The van der Waals surface area contributed by atoms with E-state index in [9.17, 15) is 16.8 Å². The van der Waals surface area contributed by atoms with E-state index in [4.69, 9.17) is 0 Å². The average Bonchev–Trinajstić information content (AvgIpc) is 2.12. The van der Waals surface area contributed by atoms with E-state index in [1.165, 1.54) is 0 Å². The molecule has 0 N–H and O–H groups in total. The molecule has 0 heterocycles. The van der Waals surface area contributed by atoms with Gasteiger partial charge < -0.3 is 0 Å². The van der Waals surface area contributed by atoms with E-state index in [-0.39, 0.29) is 6.54 Å². The van der Waals surface area contributed by atoms with Gasteiger partial charge in [0.2, 0.25) is 20.0 Å². The van der Waals surface area contributed by atoms with Crippen LogP contribution in [0.3, 0.4) is 0 Å². The van der Waals surface area contributed by atoms with Crippen molar-refractivity contribution in [3.05, 3.63) is 35.9 Å². The number of benzene rings is 1. The summed E-state index contributed by atoms with van der Waals surface area (Å²) in [5.41, 5.74) is 0.623. The zero-order valence-electron chi connectivity index (χ0n) is 8.99. The molecule has 5 nitrogen and oxygen atoms in total. The first kappa shape index (κ1) is 13.1. The molecule has 1 rings (SSSR count). The molecule has 1 aromatic rings. The van der Waals surface area contributed by atoms with Crippen molar-refractivity contribution in [2.45, 2.75) is 6.54 Å². The second-order valence-electron chi connectivity index (χ2n) is 3.44. The second-order valence-corrected chi connectivity index (χ2v) is 7.49. The Labute approximate surface area is 95.8 Å². The van der Waals surface area contributed by atoms with E-state index in [2.05, 4.69) is 0 Å². The summed E-state index contributed by atoms with van der Waals surface area (Å²) in [7, 11) is -7.55. The van der Waals surface area contributed by atoms with E-state index in [1.807, 2.05) is 0 Å². The van der Waals surface area contributed by atoms with E-state index in [0.29, 0.717) is 9.27 Å². The molecule has 0 aromatic heterocycles. The first-order chi connectivity index (χ1) is 7.21. The third-order valence-corrected chi connectivity index (χ3v) is 5.26. The van der Waals surface area contributed by atoms with Gasteiger partial charge in [0, 0.05) is 0 Å². The fraction of sp³-hybridized carbons (Fsp3) is 0.333. The second kappa shape index (κ2) is 4.52. The summed E-state index contributed by atoms with van der Waals surface area (Å²) in [4.78, 5) is 0. The lowest BCUT2D eigenvalue weighted by Crippen LogP contribution is -2.34. The molecule has 0 amide bonds. The molecule has 0 spiro atoms. The molecule has 7 heteroatoms. The highest BCUT2D eigenvalue weighted by Crippen LogP contribution is 2.11. The predicted octanol–water partition coefficient (Wildman–Crippen LogP) is 0.408. The van der Waals surface area contributed by atoms with Crippen LogP contribution < -0.4 is 0 Å². The van der Waals surface area contributed by atoms with Crippen LogP contribution in [-0.4, -0.2) is 33.1 Å². The van der Waals surface area contributed by atoms with E-state index >= 15 is 0 Å². The molecule has 1 aromatic carbocycles. The maximum atomic E-state index is 11.3.